The molecular formula is C18H19N5O5. The summed E-state index contributed by atoms with van der Waals surface area (Å²) in [6.45, 7) is 2.34. The van der Waals surface area contributed by atoms with Crippen molar-refractivity contribution < 1.29 is 19.5 Å². The summed E-state index contributed by atoms with van der Waals surface area (Å²) >= 11 is 0. The molecule has 0 saturated carbocycles. The Morgan fingerprint density at radius 3 is 2.75 bits per heavy atom. The highest BCUT2D eigenvalue weighted by atomic mass is 16.6. The SMILES string of the molecule is CCOc1cc([C@@H](N)c2nc(-c3ccc(O)c([N+](=O)[O-])c3)n[nH]2)ccc1OC. The van der Waals surface area contributed by atoms with E-state index in [4.69, 9.17) is 15.2 Å². The summed E-state index contributed by atoms with van der Waals surface area (Å²) in [5, 5.41) is 27.4. The fraction of sp³-hybridized carbons (Fsp3) is 0.222. The number of nitro groups is 1. The van der Waals surface area contributed by atoms with Crippen LogP contribution in [0.4, 0.5) is 5.69 Å². The Kier molecular flexibility index (Phi) is 5.41. The van der Waals surface area contributed by atoms with Gasteiger partial charge in [0.2, 0.25) is 0 Å². The van der Waals surface area contributed by atoms with Gasteiger partial charge < -0.3 is 20.3 Å². The lowest BCUT2D eigenvalue weighted by atomic mass is 10.1. The van der Waals surface area contributed by atoms with Gasteiger partial charge in [-0.1, -0.05) is 6.07 Å². The van der Waals surface area contributed by atoms with Crippen molar-refractivity contribution in [2.45, 2.75) is 13.0 Å². The number of nitrogens with two attached hydrogens (primary N) is 1. The second-order valence-electron chi connectivity index (χ2n) is 5.83. The summed E-state index contributed by atoms with van der Waals surface area (Å²) in [6.07, 6.45) is 0. The van der Waals surface area contributed by atoms with Crippen molar-refractivity contribution in [1.29, 1.82) is 0 Å². The van der Waals surface area contributed by atoms with E-state index in [-0.39, 0.29) is 5.82 Å². The number of nitro benzene ring substituents is 1. The van der Waals surface area contributed by atoms with Gasteiger partial charge in [0.05, 0.1) is 24.7 Å². The van der Waals surface area contributed by atoms with E-state index in [0.29, 0.717) is 29.5 Å². The monoisotopic (exact) mass is 385 g/mol. The number of phenolic OH excluding ortho intramolecular Hbond substituents is 1. The molecule has 0 fully saturated rings. The van der Waals surface area contributed by atoms with Gasteiger partial charge in [-0.25, -0.2) is 4.98 Å². The highest BCUT2D eigenvalue weighted by molar-refractivity contribution is 5.63. The van der Waals surface area contributed by atoms with E-state index < -0.39 is 22.4 Å². The largest absolute Gasteiger partial charge is 0.502 e. The second-order valence-corrected chi connectivity index (χ2v) is 5.83. The lowest BCUT2D eigenvalue weighted by molar-refractivity contribution is -0.385. The Morgan fingerprint density at radius 2 is 2.07 bits per heavy atom. The lowest BCUT2D eigenvalue weighted by Gasteiger charge is -2.14. The predicted octanol–water partition coefficient (Wildman–Crippen LogP) is 2.54. The molecule has 0 aliphatic rings. The first kappa shape index (κ1) is 19.1. The number of nitrogens with one attached hydrogen (secondary N) is 1. The third-order valence-electron chi connectivity index (χ3n) is 4.07. The molecule has 10 heteroatoms. The molecule has 0 aliphatic heterocycles. The van der Waals surface area contributed by atoms with Crippen LogP contribution >= 0.6 is 0 Å². The molecule has 0 unspecified atom stereocenters. The van der Waals surface area contributed by atoms with Crippen molar-refractivity contribution in [3.63, 3.8) is 0 Å². The fourth-order valence-electron chi connectivity index (χ4n) is 2.66. The van der Waals surface area contributed by atoms with Gasteiger partial charge >= 0.3 is 5.69 Å². The molecule has 1 aromatic heterocycles. The van der Waals surface area contributed by atoms with E-state index >= 15 is 0 Å². The Bertz CT molecular complexity index is 1000. The molecule has 1 heterocycles. The maximum absolute atomic E-state index is 11.0. The van der Waals surface area contributed by atoms with E-state index in [1.807, 2.05) is 6.92 Å². The molecule has 146 valence electrons. The number of phenols is 1. The normalized spacial score (nSPS) is 11.8. The van der Waals surface area contributed by atoms with E-state index in [0.717, 1.165) is 5.56 Å². The van der Waals surface area contributed by atoms with Crippen LogP contribution < -0.4 is 15.2 Å². The number of methoxy groups -OCH3 is 1. The minimum absolute atomic E-state index is 0.229. The van der Waals surface area contributed by atoms with Crippen molar-refractivity contribution in [2.75, 3.05) is 13.7 Å². The molecule has 0 spiro atoms. The summed E-state index contributed by atoms with van der Waals surface area (Å²) in [4.78, 5) is 14.7. The molecule has 0 aliphatic carbocycles. The number of aromatic amines is 1. The van der Waals surface area contributed by atoms with Crippen molar-refractivity contribution in [2.24, 2.45) is 5.73 Å². The molecule has 28 heavy (non-hydrogen) atoms. The van der Waals surface area contributed by atoms with Crippen molar-refractivity contribution >= 4 is 5.69 Å². The first-order valence-electron chi connectivity index (χ1n) is 8.41. The molecule has 0 saturated heterocycles. The number of ether oxygens (including phenoxy) is 2. The molecule has 0 amide bonds. The van der Waals surface area contributed by atoms with Crippen LogP contribution in [0.1, 0.15) is 24.4 Å². The molecule has 0 radical (unpaired) electrons. The van der Waals surface area contributed by atoms with Gasteiger partial charge in [-0.15, -0.1) is 0 Å². The molecule has 3 rings (SSSR count). The zero-order valence-electron chi connectivity index (χ0n) is 15.2. The van der Waals surface area contributed by atoms with Gasteiger partial charge in [-0.05, 0) is 36.8 Å². The average molecular weight is 385 g/mol. The van der Waals surface area contributed by atoms with Crippen LogP contribution in [0.25, 0.3) is 11.4 Å². The Labute approximate surface area is 160 Å². The van der Waals surface area contributed by atoms with Gasteiger partial charge in [0.15, 0.2) is 23.1 Å². The zero-order valence-corrected chi connectivity index (χ0v) is 15.2. The number of H-pyrrole nitrogens is 1. The van der Waals surface area contributed by atoms with Gasteiger partial charge in [0, 0.05) is 11.6 Å². The van der Waals surface area contributed by atoms with Gasteiger partial charge in [-0.2, -0.15) is 5.10 Å². The molecule has 3 aromatic rings. The summed E-state index contributed by atoms with van der Waals surface area (Å²) in [7, 11) is 1.55. The first-order valence-corrected chi connectivity index (χ1v) is 8.41. The van der Waals surface area contributed by atoms with Crippen LogP contribution in [0.5, 0.6) is 17.2 Å². The van der Waals surface area contributed by atoms with Crippen molar-refractivity contribution in [3.05, 3.63) is 57.9 Å². The molecule has 0 bridgehead atoms. The molecule has 10 nitrogen and oxygen atoms in total. The highest BCUT2D eigenvalue weighted by Crippen LogP contribution is 2.32. The molecule has 4 N–H and O–H groups in total. The Morgan fingerprint density at radius 1 is 1.29 bits per heavy atom. The Balaban J connectivity index is 1.91. The van der Waals surface area contributed by atoms with E-state index in [1.165, 1.54) is 18.2 Å². The maximum atomic E-state index is 11.0. The van der Waals surface area contributed by atoms with Crippen LogP contribution in [-0.2, 0) is 0 Å². The molecular weight excluding hydrogens is 366 g/mol. The summed E-state index contributed by atoms with van der Waals surface area (Å²) in [5.74, 6) is 1.33. The summed E-state index contributed by atoms with van der Waals surface area (Å²) in [5.41, 5.74) is 6.97. The third kappa shape index (κ3) is 3.71. The lowest BCUT2D eigenvalue weighted by Crippen LogP contribution is -2.14. The van der Waals surface area contributed by atoms with Gasteiger partial charge in [0.25, 0.3) is 0 Å². The summed E-state index contributed by atoms with van der Waals surface area (Å²) < 4.78 is 10.8. The topological polar surface area (TPSA) is 149 Å². The number of benzene rings is 2. The molecule has 1 atom stereocenters. The van der Waals surface area contributed by atoms with Crippen LogP contribution in [0.3, 0.4) is 0 Å². The zero-order chi connectivity index (χ0) is 20.3. The third-order valence-corrected chi connectivity index (χ3v) is 4.07. The molecule has 2 aromatic carbocycles. The first-order chi connectivity index (χ1) is 13.4. The number of rotatable bonds is 7. The van der Waals surface area contributed by atoms with Gasteiger partial charge in [-0.3, -0.25) is 15.2 Å². The van der Waals surface area contributed by atoms with Crippen LogP contribution in [-0.4, -0.2) is 38.9 Å². The number of aromatic nitrogens is 3. The van der Waals surface area contributed by atoms with Crippen LogP contribution in [0.15, 0.2) is 36.4 Å². The quantitative estimate of drug-likeness (QED) is 0.415. The maximum Gasteiger partial charge on any atom is 0.311 e. The predicted molar refractivity (Wildman–Crippen MR) is 100 cm³/mol. The van der Waals surface area contributed by atoms with Crippen LogP contribution in [0, 0.1) is 10.1 Å². The summed E-state index contributed by atoms with van der Waals surface area (Å²) in [6, 6.07) is 8.59. The standard InChI is InChI=1S/C18H19N5O5/c1-3-28-15-9-10(5-7-14(15)27-2)16(19)18-20-17(21-22-18)11-4-6-13(24)12(8-11)23(25)26/h4-9,16,24H,3,19H2,1-2H3,(H,20,21,22)/t16-/m1/s1. The minimum atomic E-state index is -0.676. The number of hydrogen-bond donors (Lipinski definition) is 3. The smallest absolute Gasteiger partial charge is 0.311 e. The fourth-order valence-corrected chi connectivity index (χ4v) is 2.66. The minimum Gasteiger partial charge on any atom is -0.502 e. The Hall–Kier alpha value is -3.66. The van der Waals surface area contributed by atoms with E-state index in [9.17, 15) is 15.2 Å². The number of aromatic hydroxyl groups is 1. The number of hydrogen-bond acceptors (Lipinski definition) is 8. The van der Waals surface area contributed by atoms with E-state index in [2.05, 4.69) is 15.2 Å². The van der Waals surface area contributed by atoms with Crippen LogP contribution in [0.2, 0.25) is 0 Å². The van der Waals surface area contributed by atoms with Crippen molar-refractivity contribution in [3.8, 4) is 28.6 Å². The van der Waals surface area contributed by atoms with Gasteiger partial charge in [0.1, 0.15) is 5.82 Å². The van der Waals surface area contributed by atoms with Crippen molar-refractivity contribution in [1.82, 2.24) is 15.2 Å². The highest BCUT2D eigenvalue weighted by Gasteiger charge is 2.19. The second kappa shape index (κ2) is 7.92. The van der Waals surface area contributed by atoms with E-state index in [1.54, 1.807) is 25.3 Å². The average Bonchev–Trinajstić information content (AvgIpc) is 3.18. The number of nitrogens with zero attached hydrogens (tertiary/aromatic N) is 3.